The van der Waals surface area contributed by atoms with E-state index in [0.29, 0.717) is 6.61 Å². The number of ether oxygens (including phenoxy) is 5. The molecule has 0 aromatic heterocycles. The highest BCUT2D eigenvalue weighted by Gasteiger charge is 2.40. The van der Waals surface area contributed by atoms with E-state index in [0.717, 1.165) is 0 Å². The fourth-order valence-corrected chi connectivity index (χ4v) is 2.25. The van der Waals surface area contributed by atoms with Crippen LogP contribution < -0.4 is 0 Å². The van der Waals surface area contributed by atoms with Gasteiger partial charge in [0.05, 0.1) is 39.6 Å². The third-order valence-corrected chi connectivity index (χ3v) is 3.32. The van der Waals surface area contributed by atoms with E-state index < -0.39 is 24.4 Å². The molecule has 0 aliphatic heterocycles. The zero-order valence-corrected chi connectivity index (χ0v) is 16.4. The lowest BCUT2D eigenvalue weighted by atomic mass is 10.0. The predicted molar refractivity (Wildman–Crippen MR) is 111 cm³/mol. The minimum atomic E-state index is -0.917. The van der Waals surface area contributed by atoms with Gasteiger partial charge in [0.1, 0.15) is 18.3 Å². The van der Waals surface area contributed by atoms with Crippen molar-refractivity contribution in [1.82, 2.24) is 0 Å². The predicted octanol–water partition coefficient (Wildman–Crippen LogP) is 3.30. The molecule has 7 nitrogen and oxygen atoms in total. The fourth-order valence-electron chi connectivity index (χ4n) is 2.25. The lowest BCUT2D eigenvalue weighted by Gasteiger charge is -2.34. The molecule has 0 radical (unpaired) electrons. The highest BCUT2D eigenvalue weighted by Crippen LogP contribution is 2.19. The lowest BCUT2D eigenvalue weighted by Crippen LogP contribution is -2.51. The van der Waals surface area contributed by atoms with Crippen molar-refractivity contribution in [3.05, 3.63) is 73.5 Å². The number of hydrogen-bond donors (Lipinski definition) is 0. The fraction of sp³-hybridized carbons (Fsp3) is 0.476. The molecule has 0 aromatic rings. The van der Waals surface area contributed by atoms with E-state index in [1.165, 1.54) is 0 Å². The normalized spacial score (nSPS) is 14.6. The Balaban J connectivity index is 5.78. The first-order chi connectivity index (χ1) is 13.7. The molecule has 0 saturated carbocycles. The minimum Gasteiger partial charge on any atom is -0.498 e. The van der Waals surface area contributed by atoms with Crippen LogP contribution in [0, 0.1) is 11.3 Å². The van der Waals surface area contributed by atoms with Gasteiger partial charge in [-0.25, -0.2) is 0 Å². The van der Waals surface area contributed by atoms with Crippen LogP contribution in [-0.2, 0) is 23.7 Å². The Morgan fingerprint density at radius 3 is 1.75 bits per heavy atom. The van der Waals surface area contributed by atoms with E-state index >= 15 is 0 Å². The van der Waals surface area contributed by atoms with Crippen molar-refractivity contribution >= 4 is 0 Å². The summed E-state index contributed by atoms with van der Waals surface area (Å²) in [6.45, 7) is 19.6. The Hall–Kier alpha value is -2.21. The second kappa shape index (κ2) is 18.2. The van der Waals surface area contributed by atoms with Crippen LogP contribution in [-0.4, -0.2) is 64.1 Å². The first-order valence-electron chi connectivity index (χ1n) is 8.86. The molecule has 0 amide bonds. The van der Waals surface area contributed by atoms with Crippen molar-refractivity contribution in [3.8, 4) is 6.07 Å². The van der Waals surface area contributed by atoms with Gasteiger partial charge in [-0.15, -0.1) is 32.9 Å². The van der Waals surface area contributed by atoms with Crippen LogP contribution in [0.15, 0.2) is 63.3 Å². The van der Waals surface area contributed by atoms with Crippen molar-refractivity contribution in [2.45, 2.75) is 24.4 Å². The van der Waals surface area contributed by atoms with Gasteiger partial charge >= 0.3 is 6.07 Å². The number of nitrogens with zero attached hydrogens (tertiary/aromatic N) is 1. The highest BCUT2D eigenvalue weighted by atomic mass is 16.6. The molecule has 4 atom stereocenters. The van der Waals surface area contributed by atoms with Crippen LogP contribution in [0.3, 0.4) is 0 Å². The Labute approximate surface area is 168 Å². The van der Waals surface area contributed by atoms with Crippen LogP contribution in [0.2, 0.25) is 0 Å². The summed E-state index contributed by atoms with van der Waals surface area (Å²) in [6.07, 6.45) is 5.01. The van der Waals surface area contributed by atoms with Gasteiger partial charge in [-0.2, -0.15) is 0 Å². The molecule has 0 fully saturated rings. The second-order valence-electron chi connectivity index (χ2n) is 5.42. The molecule has 0 heterocycles. The zero-order valence-electron chi connectivity index (χ0n) is 16.4. The highest BCUT2D eigenvalue weighted by molar-refractivity contribution is 5.05. The number of hydrogen-bond acceptors (Lipinski definition) is 6. The topological polar surface area (TPSA) is 73.6 Å². The average molecular weight is 393 g/mol. The minimum absolute atomic E-state index is 0.167. The smallest absolute Gasteiger partial charge is 0.333 e. The van der Waals surface area contributed by atoms with Gasteiger partial charge < -0.3 is 28.9 Å². The van der Waals surface area contributed by atoms with Gasteiger partial charge in [0.25, 0.3) is 0 Å². The van der Waals surface area contributed by atoms with E-state index in [9.17, 15) is 5.21 Å². The average Bonchev–Trinajstić information content (AvgIpc) is 2.71. The van der Waals surface area contributed by atoms with Gasteiger partial charge in [0, 0.05) is 5.01 Å². The maximum absolute atomic E-state index is 10.9. The largest absolute Gasteiger partial charge is 0.498 e. The maximum atomic E-state index is 10.9. The Bertz CT molecular complexity index is 525. The quantitative estimate of drug-likeness (QED) is 0.190. The summed E-state index contributed by atoms with van der Waals surface area (Å²) in [5.74, 6) is 0. The van der Waals surface area contributed by atoms with Crippen LogP contribution >= 0.6 is 0 Å². The molecule has 0 spiro atoms. The van der Waals surface area contributed by atoms with E-state index in [-0.39, 0.29) is 33.0 Å². The van der Waals surface area contributed by atoms with E-state index in [2.05, 4.69) is 44.0 Å². The molecule has 28 heavy (non-hydrogen) atoms. The third-order valence-electron chi connectivity index (χ3n) is 3.32. The van der Waals surface area contributed by atoms with Gasteiger partial charge in [-0.1, -0.05) is 30.4 Å². The van der Waals surface area contributed by atoms with Crippen molar-refractivity contribution < 1.29 is 23.7 Å². The summed E-state index contributed by atoms with van der Waals surface area (Å²) in [5, 5.41) is 13.6. The third kappa shape index (κ3) is 10.8. The lowest BCUT2D eigenvalue weighted by molar-refractivity contribution is -0.167. The standard InChI is InChI=1S/C21H31NO6/c1-6-11-24-17-19(26-13-8-3)21(28-15-10-5)20(27-14-9-4)18(16-22-23)25-12-7-2/h6-10,18-21H,1-5,11-15,17H2/t18-,19+,20+,21+/m0/s1. The van der Waals surface area contributed by atoms with Gasteiger partial charge in [-0.05, 0) is 0 Å². The van der Waals surface area contributed by atoms with Gasteiger partial charge in [-0.3, -0.25) is 0 Å². The summed E-state index contributed by atoms with van der Waals surface area (Å²) < 4.78 is 28.8. The summed E-state index contributed by atoms with van der Waals surface area (Å²) in [5.41, 5.74) is 0. The molecule has 156 valence electrons. The maximum Gasteiger partial charge on any atom is 0.333 e. The molecule has 0 N–H and O–H groups in total. The van der Waals surface area contributed by atoms with Crippen molar-refractivity contribution in [1.29, 1.82) is 0 Å². The monoisotopic (exact) mass is 393 g/mol. The summed E-state index contributed by atoms with van der Waals surface area (Å²) >= 11 is 0. The van der Waals surface area contributed by atoms with E-state index in [1.807, 2.05) is 0 Å². The molecule has 0 rings (SSSR count). The summed E-state index contributed by atoms with van der Waals surface area (Å²) in [4.78, 5) is 0. The molecule has 0 aromatic carbocycles. The number of rotatable bonds is 19. The Morgan fingerprint density at radius 1 is 0.714 bits per heavy atom. The van der Waals surface area contributed by atoms with Crippen LogP contribution in [0.25, 0.3) is 5.01 Å². The summed E-state index contributed by atoms with van der Waals surface area (Å²) in [7, 11) is 0. The van der Waals surface area contributed by atoms with Crippen LogP contribution in [0.5, 0.6) is 0 Å². The van der Waals surface area contributed by atoms with Crippen molar-refractivity contribution in [2.75, 3.05) is 39.6 Å². The molecule has 0 bridgehead atoms. The van der Waals surface area contributed by atoms with Gasteiger partial charge in [0.2, 0.25) is 6.10 Å². The van der Waals surface area contributed by atoms with E-state index in [4.69, 9.17) is 23.7 Å². The Kier molecular flexibility index (Phi) is 16.7. The van der Waals surface area contributed by atoms with Crippen molar-refractivity contribution in [2.24, 2.45) is 0 Å². The van der Waals surface area contributed by atoms with E-state index in [1.54, 1.807) is 30.4 Å². The second-order valence-corrected chi connectivity index (χ2v) is 5.42. The molecular formula is C21H31NO6. The first kappa shape index (κ1) is 25.8. The first-order valence-corrected chi connectivity index (χ1v) is 8.86. The van der Waals surface area contributed by atoms with Crippen LogP contribution in [0.1, 0.15) is 0 Å². The molecule has 7 heteroatoms. The SMILES string of the molecule is C=CCOC[C@@H](OCC=C)[C@@H](OCC=C)[C@H](OCC=C)[C@H](C#[N+][O-])OCC=C. The Morgan fingerprint density at radius 2 is 1.21 bits per heavy atom. The molecular weight excluding hydrogens is 362 g/mol. The molecule has 0 unspecified atom stereocenters. The van der Waals surface area contributed by atoms with Crippen LogP contribution in [0.4, 0.5) is 0 Å². The van der Waals surface area contributed by atoms with Gasteiger partial charge in [0.15, 0.2) is 0 Å². The molecule has 0 aliphatic rings. The van der Waals surface area contributed by atoms with Crippen molar-refractivity contribution in [3.63, 3.8) is 0 Å². The summed E-state index contributed by atoms with van der Waals surface area (Å²) in [6, 6.07) is 2.36. The molecule has 0 aliphatic carbocycles. The molecule has 0 saturated heterocycles. The zero-order chi connectivity index (χ0) is 21.0.